The van der Waals surface area contributed by atoms with Crippen LogP contribution in [0.15, 0.2) is 23.1 Å². The second-order valence-electron chi connectivity index (χ2n) is 6.73. The van der Waals surface area contributed by atoms with Crippen molar-refractivity contribution in [3.8, 4) is 0 Å². The van der Waals surface area contributed by atoms with Gasteiger partial charge in [0.2, 0.25) is 0 Å². The zero-order chi connectivity index (χ0) is 17.5. The number of alkyl carbamates (subject to hydrolysis) is 1. The fourth-order valence-electron chi connectivity index (χ4n) is 2.80. The van der Waals surface area contributed by atoms with Crippen LogP contribution < -0.4 is 5.32 Å². The lowest BCUT2D eigenvalue weighted by molar-refractivity contribution is -0.0431. The average molecular weight is 336 g/mol. The molecule has 2 bridgehead atoms. The minimum atomic E-state index is -0.603. The van der Waals surface area contributed by atoms with Gasteiger partial charge in [0.15, 0.2) is 12.2 Å². The molecular weight excluding hydrogens is 316 g/mol. The highest BCUT2D eigenvalue weighted by Crippen LogP contribution is 2.33. The topological polar surface area (TPSA) is 108 Å². The van der Waals surface area contributed by atoms with Gasteiger partial charge in [0.25, 0.3) is 0 Å². The summed E-state index contributed by atoms with van der Waals surface area (Å²) in [7, 11) is 0. The Labute approximate surface area is 138 Å². The van der Waals surface area contributed by atoms with Crippen molar-refractivity contribution in [1.82, 2.24) is 20.3 Å². The Morgan fingerprint density at radius 1 is 1.54 bits per heavy atom. The van der Waals surface area contributed by atoms with Crippen LogP contribution in [0.5, 0.6) is 0 Å². The summed E-state index contributed by atoms with van der Waals surface area (Å²) in [6.07, 6.45) is 4.04. The number of hydrogen-bond donors (Lipinski definition) is 2. The molecule has 1 saturated heterocycles. The lowest BCUT2D eigenvalue weighted by Gasteiger charge is -2.29. The number of nitrogens with one attached hydrogen (secondary N) is 1. The molecule has 0 spiro atoms. The van der Waals surface area contributed by atoms with Gasteiger partial charge >= 0.3 is 12.1 Å². The molecule has 2 N–H and O–H groups in total. The van der Waals surface area contributed by atoms with Crippen LogP contribution in [0.4, 0.5) is 9.59 Å². The predicted octanol–water partition coefficient (Wildman–Crippen LogP) is 1.46. The van der Waals surface area contributed by atoms with Crippen LogP contribution in [-0.4, -0.2) is 63.1 Å². The summed E-state index contributed by atoms with van der Waals surface area (Å²) in [5, 5.41) is 13.3. The molecule has 2 unspecified atom stereocenters. The number of hydroxylamine groups is 2. The third kappa shape index (κ3) is 3.07. The first-order valence-corrected chi connectivity index (χ1v) is 7.62. The van der Waals surface area contributed by atoms with E-state index in [1.165, 1.54) is 17.5 Å². The van der Waals surface area contributed by atoms with E-state index in [1.807, 2.05) is 0 Å². The molecule has 3 rings (SSSR count). The van der Waals surface area contributed by atoms with Crippen molar-refractivity contribution in [2.45, 2.75) is 38.5 Å². The number of aromatic nitrogens is 1. The van der Waals surface area contributed by atoms with Crippen LogP contribution in [0, 0.1) is 0 Å². The number of carbonyl (C=O) groups is 2. The zero-order valence-electron chi connectivity index (χ0n) is 13.7. The number of rotatable bonds is 3. The van der Waals surface area contributed by atoms with Crippen molar-refractivity contribution in [2.75, 3.05) is 13.1 Å². The number of amides is 3. The number of hydrogen-bond acceptors (Lipinski definition) is 6. The van der Waals surface area contributed by atoms with Crippen LogP contribution in [0.3, 0.4) is 0 Å². The van der Waals surface area contributed by atoms with E-state index >= 15 is 0 Å². The molecular formula is C15H20N4O5. The highest BCUT2D eigenvalue weighted by molar-refractivity contribution is 5.84. The minimum absolute atomic E-state index is 0.166. The van der Waals surface area contributed by atoms with Crippen LogP contribution in [-0.2, 0) is 4.74 Å². The first-order chi connectivity index (χ1) is 11.3. The van der Waals surface area contributed by atoms with Gasteiger partial charge in [-0.15, -0.1) is 0 Å². The molecule has 3 amide bonds. The third-order valence-corrected chi connectivity index (χ3v) is 3.81. The second-order valence-corrected chi connectivity index (χ2v) is 6.73. The average Bonchev–Trinajstić information content (AvgIpc) is 3.10. The summed E-state index contributed by atoms with van der Waals surface area (Å²) < 4.78 is 10.5. The van der Waals surface area contributed by atoms with Crippen molar-refractivity contribution in [3.05, 3.63) is 24.4 Å². The maximum atomic E-state index is 12.2. The summed E-state index contributed by atoms with van der Waals surface area (Å²) >= 11 is 0. The second kappa shape index (κ2) is 5.82. The van der Waals surface area contributed by atoms with Crippen LogP contribution in [0.25, 0.3) is 5.57 Å². The summed E-state index contributed by atoms with van der Waals surface area (Å²) in [6, 6.07) is -1.44. The molecule has 2 aliphatic heterocycles. The summed E-state index contributed by atoms with van der Waals surface area (Å²) in [5.74, 6) is 0.482. The summed E-state index contributed by atoms with van der Waals surface area (Å²) in [6.45, 7) is 5.79. The zero-order valence-corrected chi connectivity index (χ0v) is 13.7. The molecule has 2 atom stereocenters. The molecule has 9 heteroatoms. The van der Waals surface area contributed by atoms with E-state index in [1.54, 1.807) is 26.8 Å². The Balaban J connectivity index is 1.76. The first kappa shape index (κ1) is 16.3. The van der Waals surface area contributed by atoms with Crippen molar-refractivity contribution >= 4 is 17.7 Å². The first-order valence-electron chi connectivity index (χ1n) is 7.62. The Morgan fingerprint density at radius 2 is 2.29 bits per heavy atom. The van der Waals surface area contributed by atoms with Crippen molar-refractivity contribution in [1.29, 1.82) is 0 Å². The van der Waals surface area contributed by atoms with E-state index in [9.17, 15) is 14.8 Å². The SMILES string of the molecule is CC(C)(C)OC(=O)NCC1C=C(c2cnco2)C2CN1C(=O)N2O. The smallest absolute Gasteiger partial charge is 0.407 e. The van der Waals surface area contributed by atoms with Crippen LogP contribution >= 0.6 is 0 Å². The minimum Gasteiger partial charge on any atom is -0.444 e. The third-order valence-electron chi connectivity index (χ3n) is 3.81. The van der Waals surface area contributed by atoms with Gasteiger partial charge in [-0.05, 0) is 20.8 Å². The van der Waals surface area contributed by atoms with E-state index in [-0.39, 0.29) is 6.54 Å². The molecule has 0 aromatic carbocycles. The summed E-state index contributed by atoms with van der Waals surface area (Å²) in [5.41, 5.74) is 0.0570. The molecule has 130 valence electrons. The number of carbonyl (C=O) groups excluding carboxylic acids is 2. The number of fused-ring (bicyclic) bond motifs is 2. The fraction of sp³-hybridized carbons (Fsp3) is 0.533. The van der Waals surface area contributed by atoms with Crippen LogP contribution in [0.2, 0.25) is 0 Å². The van der Waals surface area contributed by atoms with E-state index in [0.717, 1.165) is 0 Å². The summed E-state index contributed by atoms with van der Waals surface area (Å²) in [4.78, 5) is 29.3. The van der Waals surface area contributed by atoms with Gasteiger partial charge in [0.1, 0.15) is 11.6 Å². The molecule has 2 aliphatic rings. The van der Waals surface area contributed by atoms with E-state index < -0.39 is 29.8 Å². The molecule has 1 aromatic heterocycles. The van der Waals surface area contributed by atoms with Gasteiger partial charge in [-0.1, -0.05) is 6.08 Å². The van der Waals surface area contributed by atoms with Gasteiger partial charge in [-0.3, -0.25) is 5.21 Å². The predicted molar refractivity (Wildman–Crippen MR) is 82.0 cm³/mol. The largest absolute Gasteiger partial charge is 0.444 e. The molecule has 9 nitrogen and oxygen atoms in total. The maximum absolute atomic E-state index is 12.2. The standard InChI is InChI=1S/C15H20N4O5/c1-15(2,3)24-13(20)17-5-9-4-10(12-6-16-8-23-12)11-7-18(9)14(21)19(11)22/h4,6,8-9,11,22H,5,7H2,1-3H3,(H,17,20). The monoisotopic (exact) mass is 336 g/mol. The highest BCUT2D eigenvalue weighted by atomic mass is 16.6. The Bertz CT molecular complexity index is 664. The highest BCUT2D eigenvalue weighted by Gasteiger charge is 2.46. The normalized spacial score (nSPS) is 23.3. The Kier molecular flexibility index (Phi) is 3.96. The molecule has 1 fully saturated rings. The van der Waals surface area contributed by atoms with Gasteiger partial charge in [0, 0.05) is 12.1 Å². The molecule has 0 radical (unpaired) electrons. The number of oxazole rings is 1. The quantitative estimate of drug-likeness (QED) is 0.809. The lowest BCUT2D eigenvalue weighted by Crippen LogP contribution is -2.46. The van der Waals surface area contributed by atoms with Crippen molar-refractivity contribution < 1.29 is 24.0 Å². The Hall–Kier alpha value is -2.55. The van der Waals surface area contributed by atoms with Gasteiger partial charge in [-0.2, -0.15) is 5.06 Å². The molecule has 3 heterocycles. The van der Waals surface area contributed by atoms with Gasteiger partial charge in [0.05, 0.1) is 18.8 Å². The lowest BCUT2D eigenvalue weighted by atomic mass is 9.98. The van der Waals surface area contributed by atoms with Gasteiger partial charge in [-0.25, -0.2) is 14.6 Å². The molecule has 0 aliphatic carbocycles. The maximum Gasteiger partial charge on any atom is 0.407 e. The number of ether oxygens (including phenoxy) is 1. The van der Waals surface area contributed by atoms with Crippen molar-refractivity contribution in [2.24, 2.45) is 0 Å². The van der Waals surface area contributed by atoms with E-state index in [0.29, 0.717) is 22.9 Å². The van der Waals surface area contributed by atoms with E-state index in [4.69, 9.17) is 9.15 Å². The molecule has 1 aromatic rings. The molecule has 0 saturated carbocycles. The molecule has 24 heavy (non-hydrogen) atoms. The van der Waals surface area contributed by atoms with Crippen LogP contribution in [0.1, 0.15) is 26.5 Å². The van der Waals surface area contributed by atoms with Gasteiger partial charge < -0.3 is 19.4 Å². The fourth-order valence-corrected chi connectivity index (χ4v) is 2.80. The van der Waals surface area contributed by atoms with E-state index in [2.05, 4.69) is 10.3 Å². The number of nitrogens with zero attached hydrogens (tertiary/aromatic N) is 3. The van der Waals surface area contributed by atoms with Crippen molar-refractivity contribution in [3.63, 3.8) is 0 Å². The Morgan fingerprint density at radius 3 is 2.92 bits per heavy atom. The number of urea groups is 1.